The molecule has 0 spiro atoms. The minimum atomic E-state index is -0.321. The molecule has 0 amide bonds. The zero-order valence-corrected chi connectivity index (χ0v) is 6.97. The summed E-state index contributed by atoms with van der Waals surface area (Å²) in [5.74, 6) is -0.321. The van der Waals surface area contributed by atoms with Crippen LogP contribution in [0.15, 0.2) is 29.2 Å². The van der Waals surface area contributed by atoms with Gasteiger partial charge in [-0.1, -0.05) is 0 Å². The molecule has 0 aliphatic heterocycles. The third-order valence-electron chi connectivity index (χ3n) is 1.29. The van der Waals surface area contributed by atoms with Gasteiger partial charge in [0.25, 0.3) is 0 Å². The first-order chi connectivity index (χ1) is 5.24. The van der Waals surface area contributed by atoms with E-state index in [2.05, 4.69) is 17.4 Å². The Morgan fingerprint density at radius 1 is 1.33 bits per heavy atom. The molecule has 0 radical (unpaired) electrons. The molecule has 0 heterocycles. The van der Waals surface area contributed by atoms with Gasteiger partial charge in [0, 0.05) is 4.90 Å². The Kier molecular flexibility index (Phi) is 5.66. The third kappa shape index (κ3) is 3.19. The standard InChI is InChI=1S/C8H8O2S.Na.H/c1-10-8(9)6-2-4-7(11)5-3-6;;/h2-5,11H,1H3;;. The molecule has 0 N–H and O–H groups in total. The van der Waals surface area contributed by atoms with E-state index < -0.39 is 0 Å². The average molecular weight is 192 g/mol. The van der Waals surface area contributed by atoms with Crippen LogP contribution in [0, 0.1) is 0 Å². The van der Waals surface area contributed by atoms with Crippen LogP contribution in [0.25, 0.3) is 0 Å². The zero-order valence-electron chi connectivity index (χ0n) is 6.07. The predicted molar refractivity (Wildman–Crippen MR) is 52.2 cm³/mol. The number of hydrogen-bond acceptors (Lipinski definition) is 3. The molecule has 0 saturated carbocycles. The fourth-order valence-corrected chi connectivity index (χ4v) is 0.864. The Labute approximate surface area is 99.0 Å². The van der Waals surface area contributed by atoms with Crippen molar-refractivity contribution >= 4 is 48.2 Å². The van der Waals surface area contributed by atoms with Crippen LogP contribution in [0.1, 0.15) is 10.4 Å². The molecule has 0 saturated heterocycles. The Balaban J connectivity index is 0.00000121. The van der Waals surface area contributed by atoms with E-state index in [9.17, 15) is 4.79 Å². The van der Waals surface area contributed by atoms with Crippen LogP contribution in [-0.4, -0.2) is 42.6 Å². The number of carbonyl (C=O) groups is 1. The summed E-state index contributed by atoms with van der Waals surface area (Å²) in [6, 6.07) is 6.84. The number of carbonyl (C=O) groups excluding carboxylic acids is 1. The molecule has 0 fully saturated rings. The number of thiol groups is 1. The van der Waals surface area contributed by atoms with Crippen LogP contribution in [0.5, 0.6) is 0 Å². The van der Waals surface area contributed by atoms with E-state index in [1.165, 1.54) is 7.11 Å². The molecular weight excluding hydrogens is 183 g/mol. The van der Waals surface area contributed by atoms with Gasteiger partial charge in [-0.15, -0.1) is 12.6 Å². The second-order valence-corrected chi connectivity index (χ2v) is 2.55. The van der Waals surface area contributed by atoms with Gasteiger partial charge in [0.1, 0.15) is 0 Å². The Morgan fingerprint density at radius 3 is 2.25 bits per heavy atom. The molecule has 0 aliphatic rings. The Morgan fingerprint density at radius 2 is 1.83 bits per heavy atom. The van der Waals surface area contributed by atoms with Crippen LogP contribution >= 0.6 is 12.6 Å². The van der Waals surface area contributed by atoms with Gasteiger partial charge in [-0.3, -0.25) is 0 Å². The van der Waals surface area contributed by atoms with Crippen molar-refractivity contribution in [1.29, 1.82) is 0 Å². The number of esters is 1. The summed E-state index contributed by atoms with van der Waals surface area (Å²) in [6.07, 6.45) is 0. The van der Waals surface area contributed by atoms with Gasteiger partial charge in [0.2, 0.25) is 0 Å². The van der Waals surface area contributed by atoms with E-state index in [0.29, 0.717) is 5.56 Å². The topological polar surface area (TPSA) is 26.3 Å². The summed E-state index contributed by atoms with van der Waals surface area (Å²) < 4.78 is 4.51. The van der Waals surface area contributed by atoms with Crippen LogP contribution in [0.4, 0.5) is 0 Å². The van der Waals surface area contributed by atoms with Gasteiger partial charge in [-0.2, -0.15) is 0 Å². The molecule has 0 aliphatic carbocycles. The maximum absolute atomic E-state index is 10.9. The van der Waals surface area contributed by atoms with Gasteiger partial charge < -0.3 is 4.74 Å². The van der Waals surface area contributed by atoms with E-state index in [4.69, 9.17) is 0 Å². The second-order valence-electron chi connectivity index (χ2n) is 2.04. The monoisotopic (exact) mass is 192 g/mol. The first-order valence-corrected chi connectivity index (χ1v) is 3.56. The molecule has 1 aromatic carbocycles. The van der Waals surface area contributed by atoms with Gasteiger partial charge in [-0.05, 0) is 24.3 Å². The van der Waals surface area contributed by atoms with Crippen molar-refractivity contribution in [3.8, 4) is 0 Å². The summed E-state index contributed by atoms with van der Waals surface area (Å²) in [4.78, 5) is 11.7. The normalized spacial score (nSPS) is 8.50. The Bertz CT molecular complexity index is 258. The quantitative estimate of drug-likeness (QED) is 0.410. The summed E-state index contributed by atoms with van der Waals surface area (Å²) in [5.41, 5.74) is 0.547. The van der Waals surface area contributed by atoms with E-state index in [-0.39, 0.29) is 35.5 Å². The van der Waals surface area contributed by atoms with Crippen molar-refractivity contribution in [3.05, 3.63) is 29.8 Å². The molecule has 0 bridgehead atoms. The molecule has 0 aromatic heterocycles. The molecule has 2 nitrogen and oxygen atoms in total. The first-order valence-electron chi connectivity index (χ1n) is 3.11. The molecule has 12 heavy (non-hydrogen) atoms. The molecule has 1 rings (SSSR count). The van der Waals surface area contributed by atoms with Crippen LogP contribution < -0.4 is 0 Å². The van der Waals surface area contributed by atoms with Crippen molar-refractivity contribution in [2.24, 2.45) is 0 Å². The number of methoxy groups -OCH3 is 1. The maximum atomic E-state index is 10.9. The van der Waals surface area contributed by atoms with Crippen LogP contribution in [-0.2, 0) is 4.74 Å². The third-order valence-corrected chi connectivity index (χ3v) is 1.59. The molecule has 0 atom stereocenters. The summed E-state index contributed by atoms with van der Waals surface area (Å²) in [5, 5.41) is 0. The fraction of sp³-hybridized carbons (Fsp3) is 0.125. The van der Waals surface area contributed by atoms with E-state index in [1.807, 2.05) is 0 Å². The summed E-state index contributed by atoms with van der Waals surface area (Å²) in [6.45, 7) is 0. The fourth-order valence-electron chi connectivity index (χ4n) is 0.715. The van der Waals surface area contributed by atoms with Crippen molar-refractivity contribution in [3.63, 3.8) is 0 Å². The number of ether oxygens (including phenoxy) is 1. The second kappa shape index (κ2) is 5.65. The molecule has 1 aromatic rings. The molecule has 0 unspecified atom stereocenters. The van der Waals surface area contributed by atoms with Crippen LogP contribution in [0.3, 0.4) is 0 Å². The number of hydrogen-bond donors (Lipinski definition) is 1. The van der Waals surface area contributed by atoms with Gasteiger partial charge >= 0.3 is 35.5 Å². The Hall–Kier alpha value is 0.0400. The minimum absolute atomic E-state index is 0. The van der Waals surface area contributed by atoms with Gasteiger partial charge in [-0.25, -0.2) is 4.79 Å². The predicted octanol–water partition coefficient (Wildman–Crippen LogP) is 1.11. The molecular formula is C8H9NaO2S. The average Bonchev–Trinajstić information content (AvgIpc) is 2.05. The number of benzene rings is 1. The SMILES string of the molecule is COC(=O)c1ccc(S)cc1.[NaH]. The van der Waals surface area contributed by atoms with Gasteiger partial charge in [0.15, 0.2) is 0 Å². The van der Waals surface area contributed by atoms with E-state index in [1.54, 1.807) is 24.3 Å². The molecule has 4 heteroatoms. The van der Waals surface area contributed by atoms with E-state index >= 15 is 0 Å². The van der Waals surface area contributed by atoms with Crippen molar-refractivity contribution in [2.45, 2.75) is 4.90 Å². The summed E-state index contributed by atoms with van der Waals surface area (Å²) >= 11 is 4.08. The van der Waals surface area contributed by atoms with Crippen molar-refractivity contribution in [2.75, 3.05) is 7.11 Å². The van der Waals surface area contributed by atoms with Crippen molar-refractivity contribution in [1.82, 2.24) is 0 Å². The zero-order chi connectivity index (χ0) is 8.27. The summed E-state index contributed by atoms with van der Waals surface area (Å²) in [7, 11) is 1.36. The van der Waals surface area contributed by atoms with Gasteiger partial charge in [0.05, 0.1) is 12.7 Å². The van der Waals surface area contributed by atoms with Crippen molar-refractivity contribution < 1.29 is 9.53 Å². The first kappa shape index (κ1) is 12.0. The van der Waals surface area contributed by atoms with Crippen LogP contribution in [0.2, 0.25) is 0 Å². The van der Waals surface area contributed by atoms with E-state index in [0.717, 1.165) is 4.90 Å². The number of rotatable bonds is 1. The molecule has 60 valence electrons.